The summed E-state index contributed by atoms with van der Waals surface area (Å²) in [6.45, 7) is 7.10. The van der Waals surface area contributed by atoms with E-state index < -0.39 is 4.92 Å². The first-order valence-corrected chi connectivity index (χ1v) is 6.46. The van der Waals surface area contributed by atoms with Gasteiger partial charge in [-0.3, -0.25) is 20.3 Å². The van der Waals surface area contributed by atoms with Crippen LogP contribution in [0.5, 0.6) is 0 Å². The van der Waals surface area contributed by atoms with Gasteiger partial charge in [-0.25, -0.2) is 0 Å². The highest BCUT2D eigenvalue weighted by Gasteiger charge is 2.22. The van der Waals surface area contributed by atoms with Gasteiger partial charge >= 0.3 is 0 Å². The molecule has 0 radical (unpaired) electrons. The zero-order chi connectivity index (χ0) is 15.6. The second-order valence-corrected chi connectivity index (χ2v) is 4.99. The van der Waals surface area contributed by atoms with Crippen LogP contribution in [-0.4, -0.2) is 16.5 Å². The largest absolute Gasteiger partial charge is 0.321 e. The summed E-state index contributed by atoms with van der Waals surface area (Å²) in [6, 6.07) is 4.66. The normalized spacial score (nSPS) is 17.7. The second-order valence-electron chi connectivity index (χ2n) is 4.99. The van der Waals surface area contributed by atoms with E-state index in [0.29, 0.717) is 5.56 Å². The van der Waals surface area contributed by atoms with Gasteiger partial charge in [-0.2, -0.15) is 5.10 Å². The molecule has 0 spiro atoms. The molecule has 1 atom stereocenters. The lowest BCUT2D eigenvalue weighted by Gasteiger charge is -2.22. The third kappa shape index (κ3) is 3.25. The van der Waals surface area contributed by atoms with Crippen LogP contribution < -0.4 is 10.7 Å². The lowest BCUT2D eigenvalue weighted by molar-refractivity contribution is -0.383. The van der Waals surface area contributed by atoms with Crippen LogP contribution in [0.4, 0.5) is 11.4 Å². The number of amides is 1. The lowest BCUT2D eigenvalue weighted by Crippen LogP contribution is -2.25. The van der Waals surface area contributed by atoms with Crippen molar-refractivity contribution in [1.29, 1.82) is 0 Å². The molecule has 1 heterocycles. The number of carbonyl (C=O) groups excluding carboxylic acids is 1. The number of hydrogen-bond acceptors (Lipinski definition) is 5. The van der Waals surface area contributed by atoms with Gasteiger partial charge in [0.15, 0.2) is 0 Å². The standard InChI is InChI=1S/C14H16N4O3/c1-8-6-9(2)16-17-14(8)11-4-5-12(15-10(3)19)13(7-11)18(20)21/h4-5,7-8,16H,2,6H2,1,3H3,(H,15,19)/t8-/m1/s1. The van der Waals surface area contributed by atoms with Gasteiger partial charge in [0.2, 0.25) is 5.91 Å². The van der Waals surface area contributed by atoms with E-state index in [1.807, 2.05) is 6.92 Å². The van der Waals surface area contributed by atoms with Crippen molar-refractivity contribution in [3.63, 3.8) is 0 Å². The SMILES string of the molecule is C=C1C[C@@H](C)C(c2ccc(NC(C)=O)c([N+](=O)[O-])c2)=NN1. The smallest absolute Gasteiger partial charge is 0.293 e. The van der Waals surface area contributed by atoms with Crippen LogP contribution in [0.3, 0.4) is 0 Å². The molecule has 0 unspecified atom stereocenters. The molecule has 0 saturated carbocycles. The van der Waals surface area contributed by atoms with Gasteiger partial charge in [0.05, 0.1) is 10.6 Å². The summed E-state index contributed by atoms with van der Waals surface area (Å²) in [7, 11) is 0. The first-order chi connectivity index (χ1) is 9.88. The molecule has 0 fully saturated rings. The number of nitro benzene ring substituents is 1. The summed E-state index contributed by atoms with van der Waals surface area (Å²) in [6.07, 6.45) is 0.722. The number of hydrogen-bond donors (Lipinski definition) is 2. The fraction of sp³-hybridized carbons (Fsp3) is 0.286. The first-order valence-electron chi connectivity index (χ1n) is 6.46. The highest BCUT2D eigenvalue weighted by molar-refractivity contribution is 6.04. The minimum absolute atomic E-state index is 0.116. The molecule has 1 aliphatic heterocycles. The summed E-state index contributed by atoms with van der Waals surface area (Å²) in [4.78, 5) is 21.7. The fourth-order valence-corrected chi connectivity index (χ4v) is 2.25. The average molecular weight is 288 g/mol. The van der Waals surface area contributed by atoms with E-state index in [1.54, 1.807) is 6.07 Å². The van der Waals surface area contributed by atoms with Gasteiger partial charge in [-0.15, -0.1) is 0 Å². The molecule has 7 nitrogen and oxygen atoms in total. The number of nitrogens with zero attached hydrogens (tertiary/aromatic N) is 2. The van der Waals surface area contributed by atoms with Crippen LogP contribution in [0.25, 0.3) is 0 Å². The highest BCUT2D eigenvalue weighted by Crippen LogP contribution is 2.28. The summed E-state index contributed by atoms with van der Waals surface area (Å²) in [5.74, 6) is -0.239. The van der Waals surface area contributed by atoms with E-state index in [0.717, 1.165) is 17.8 Å². The Morgan fingerprint density at radius 1 is 1.57 bits per heavy atom. The van der Waals surface area contributed by atoms with Crippen molar-refractivity contribution in [2.45, 2.75) is 20.3 Å². The molecule has 0 aromatic heterocycles. The van der Waals surface area contributed by atoms with Crippen LogP contribution in [0.2, 0.25) is 0 Å². The van der Waals surface area contributed by atoms with E-state index in [4.69, 9.17) is 0 Å². The van der Waals surface area contributed by atoms with Crippen LogP contribution in [0.1, 0.15) is 25.8 Å². The van der Waals surface area contributed by atoms with Gasteiger partial charge in [0.25, 0.3) is 5.69 Å². The topological polar surface area (TPSA) is 96.6 Å². The van der Waals surface area contributed by atoms with E-state index in [9.17, 15) is 14.9 Å². The molecular weight excluding hydrogens is 272 g/mol. The lowest BCUT2D eigenvalue weighted by atomic mass is 9.93. The third-order valence-corrected chi connectivity index (χ3v) is 3.15. The quantitative estimate of drug-likeness (QED) is 0.659. The van der Waals surface area contributed by atoms with Gasteiger partial charge in [-0.05, 0) is 12.5 Å². The molecule has 7 heteroatoms. The maximum Gasteiger partial charge on any atom is 0.293 e. The number of hydrazone groups is 1. The monoisotopic (exact) mass is 288 g/mol. The minimum Gasteiger partial charge on any atom is -0.321 e. The molecule has 1 aliphatic rings. The Bertz CT molecular complexity index is 652. The van der Waals surface area contributed by atoms with Crippen molar-refractivity contribution >= 4 is 23.0 Å². The highest BCUT2D eigenvalue weighted by atomic mass is 16.6. The molecule has 1 amide bonds. The molecule has 0 bridgehead atoms. The predicted molar refractivity (Wildman–Crippen MR) is 80.0 cm³/mol. The van der Waals surface area contributed by atoms with Crippen molar-refractivity contribution in [3.05, 3.63) is 46.2 Å². The van der Waals surface area contributed by atoms with Crippen molar-refractivity contribution < 1.29 is 9.72 Å². The minimum atomic E-state index is -0.519. The van der Waals surface area contributed by atoms with Gasteiger partial charge < -0.3 is 5.32 Å². The zero-order valence-electron chi connectivity index (χ0n) is 11.8. The predicted octanol–water partition coefficient (Wildman–Crippen LogP) is 2.40. The second kappa shape index (κ2) is 5.74. The Kier molecular flexibility index (Phi) is 4.02. The van der Waals surface area contributed by atoms with E-state index in [2.05, 4.69) is 22.4 Å². The number of rotatable bonds is 3. The summed E-state index contributed by atoms with van der Waals surface area (Å²) < 4.78 is 0. The summed E-state index contributed by atoms with van der Waals surface area (Å²) >= 11 is 0. The van der Waals surface area contributed by atoms with Gasteiger partial charge in [0.1, 0.15) is 5.69 Å². The van der Waals surface area contributed by atoms with Gasteiger partial charge in [-0.1, -0.05) is 19.6 Å². The Balaban J connectivity index is 2.43. The Morgan fingerprint density at radius 2 is 2.29 bits per heavy atom. The molecule has 1 aromatic rings. The Hall–Kier alpha value is -2.70. The number of anilines is 1. The fourth-order valence-electron chi connectivity index (χ4n) is 2.25. The summed E-state index contributed by atoms with van der Waals surface area (Å²) in [5, 5.41) is 17.8. The number of nitro groups is 1. The Morgan fingerprint density at radius 3 is 2.86 bits per heavy atom. The molecular formula is C14H16N4O3. The van der Waals surface area contributed by atoms with Crippen LogP contribution >= 0.6 is 0 Å². The zero-order valence-corrected chi connectivity index (χ0v) is 11.8. The van der Waals surface area contributed by atoms with Crippen LogP contribution in [0.15, 0.2) is 35.6 Å². The molecule has 2 rings (SSSR count). The molecule has 1 aromatic carbocycles. The number of carbonyl (C=O) groups is 1. The maximum atomic E-state index is 11.2. The average Bonchev–Trinajstić information content (AvgIpc) is 2.38. The Labute approximate surface area is 121 Å². The molecule has 110 valence electrons. The first kappa shape index (κ1) is 14.7. The summed E-state index contributed by atoms with van der Waals surface area (Å²) in [5.41, 5.74) is 5.05. The van der Waals surface area contributed by atoms with Gasteiger partial charge in [0, 0.05) is 30.2 Å². The van der Waals surface area contributed by atoms with Crippen LogP contribution in [0, 0.1) is 16.0 Å². The molecule has 2 N–H and O–H groups in total. The molecule has 0 saturated heterocycles. The number of nitrogens with one attached hydrogen (secondary N) is 2. The number of allylic oxidation sites excluding steroid dienone is 1. The molecule has 0 aliphatic carbocycles. The van der Waals surface area contributed by atoms with Crippen molar-refractivity contribution in [2.24, 2.45) is 11.0 Å². The van der Waals surface area contributed by atoms with Crippen molar-refractivity contribution in [3.8, 4) is 0 Å². The van der Waals surface area contributed by atoms with Crippen molar-refractivity contribution in [2.75, 3.05) is 5.32 Å². The molecule has 21 heavy (non-hydrogen) atoms. The third-order valence-electron chi connectivity index (χ3n) is 3.15. The van der Waals surface area contributed by atoms with E-state index >= 15 is 0 Å². The van der Waals surface area contributed by atoms with E-state index in [-0.39, 0.29) is 23.2 Å². The van der Waals surface area contributed by atoms with E-state index in [1.165, 1.54) is 19.1 Å². The number of benzene rings is 1. The maximum absolute atomic E-state index is 11.2. The van der Waals surface area contributed by atoms with Crippen molar-refractivity contribution in [1.82, 2.24) is 5.43 Å². The van der Waals surface area contributed by atoms with Crippen LogP contribution in [-0.2, 0) is 4.79 Å².